The Hall–Kier alpha value is -1.02. The van der Waals surface area contributed by atoms with E-state index in [1.807, 2.05) is 6.07 Å². The molecule has 0 aliphatic heterocycles. The molecule has 0 bridgehead atoms. The molecule has 0 spiro atoms. The van der Waals surface area contributed by atoms with Crippen LogP contribution in [0.1, 0.15) is 5.82 Å². The van der Waals surface area contributed by atoms with E-state index in [9.17, 15) is 0 Å². The number of nitriles is 1. The zero-order chi connectivity index (χ0) is 7.40. The van der Waals surface area contributed by atoms with Gasteiger partial charge in [0, 0.05) is 5.75 Å². The topological polar surface area (TPSA) is 54.5 Å². The van der Waals surface area contributed by atoms with E-state index in [-0.39, 0.29) is 5.82 Å². The predicted molar refractivity (Wildman–Crippen MR) is 38.6 cm³/mol. The summed E-state index contributed by atoms with van der Waals surface area (Å²) >= 11 is 4.00. The lowest BCUT2D eigenvalue weighted by molar-refractivity contribution is 0.663. The van der Waals surface area contributed by atoms with Crippen molar-refractivity contribution in [2.24, 2.45) is 0 Å². The van der Waals surface area contributed by atoms with Gasteiger partial charge in [-0.3, -0.25) is 4.68 Å². The number of aromatic nitrogens is 3. The highest BCUT2D eigenvalue weighted by atomic mass is 32.1. The summed E-state index contributed by atoms with van der Waals surface area (Å²) in [5.41, 5.74) is 0. The van der Waals surface area contributed by atoms with Gasteiger partial charge in [0.05, 0.1) is 6.54 Å². The molecule has 5 heteroatoms. The van der Waals surface area contributed by atoms with Gasteiger partial charge in [0.15, 0.2) is 0 Å². The summed E-state index contributed by atoms with van der Waals surface area (Å²) in [4.78, 5) is 3.71. The summed E-state index contributed by atoms with van der Waals surface area (Å²) in [6.45, 7) is 0.692. The molecule has 52 valence electrons. The molecule has 0 atom stereocenters. The Kier molecular flexibility index (Phi) is 2.29. The second-order valence-corrected chi connectivity index (χ2v) is 2.11. The van der Waals surface area contributed by atoms with Crippen molar-refractivity contribution in [3.63, 3.8) is 0 Å². The maximum Gasteiger partial charge on any atom is 0.252 e. The Morgan fingerprint density at radius 1 is 1.80 bits per heavy atom. The first kappa shape index (κ1) is 7.09. The zero-order valence-electron chi connectivity index (χ0n) is 5.23. The first-order valence-corrected chi connectivity index (χ1v) is 3.40. The molecular formula is C5H6N4S. The fourth-order valence-electron chi connectivity index (χ4n) is 0.556. The molecule has 1 aromatic heterocycles. The van der Waals surface area contributed by atoms with Crippen LogP contribution in [0.15, 0.2) is 6.33 Å². The zero-order valence-corrected chi connectivity index (χ0v) is 6.12. The molecule has 0 aliphatic rings. The third-order valence-electron chi connectivity index (χ3n) is 0.966. The van der Waals surface area contributed by atoms with E-state index >= 15 is 0 Å². The summed E-state index contributed by atoms with van der Waals surface area (Å²) in [6.07, 6.45) is 1.52. The van der Waals surface area contributed by atoms with Crippen molar-refractivity contribution in [1.29, 1.82) is 5.26 Å². The standard InChI is InChI=1S/C5H6N4S/c6-3-5-7-4-9(8-5)1-2-10/h4,10H,1-2H2. The molecular weight excluding hydrogens is 148 g/mol. The highest BCUT2D eigenvalue weighted by Gasteiger charge is 1.95. The minimum atomic E-state index is 0.210. The van der Waals surface area contributed by atoms with Crippen molar-refractivity contribution >= 4 is 12.6 Å². The van der Waals surface area contributed by atoms with Gasteiger partial charge < -0.3 is 0 Å². The highest BCUT2D eigenvalue weighted by Crippen LogP contribution is 1.87. The summed E-state index contributed by atoms with van der Waals surface area (Å²) in [7, 11) is 0. The van der Waals surface area contributed by atoms with Crippen LogP contribution < -0.4 is 0 Å². The molecule has 10 heavy (non-hydrogen) atoms. The van der Waals surface area contributed by atoms with E-state index in [1.165, 1.54) is 6.33 Å². The van der Waals surface area contributed by atoms with Gasteiger partial charge in [0.2, 0.25) is 0 Å². The SMILES string of the molecule is N#Cc1ncn(CCS)n1. The molecule has 4 nitrogen and oxygen atoms in total. The summed E-state index contributed by atoms with van der Waals surface area (Å²) < 4.78 is 1.59. The van der Waals surface area contributed by atoms with Gasteiger partial charge in [0.1, 0.15) is 12.4 Å². The molecule has 0 radical (unpaired) electrons. The average Bonchev–Trinajstić information content (AvgIpc) is 2.37. The van der Waals surface area contributed by atoms with Gasteiger partial charge in [-0.05, 0) is 0 Å². The summed E-state index contributed by atoms with van der Waals surface area (Å²) in [6, 6.07) is 1.84. The van der Waals surface area contributed by atoms with Crippen LogP contribution >= 0.6 is 12.6 Å². The van der Waals surface area contributed by atoms with Crippen LogP contribution in [0.4, 0.5) is 0 Å². The van der Waals surface area contributed by atoms with Crippen molar-refractivity contribution in [1.82, 2.24) is 14.8 Å². The van der Waals surface area contributed by atoms with E-state index in [4.69, 9.17) is 5.26 Å². The molecule has 0 aromatic carbocycles. The predicted octanol–water partition coefficient (Wildman–Crippen LogP) is 0.0796. The monoisotopic (exact) mass is 154 g/mol. The molecule has 0 fully saturated rings. The minimum Gasteiger partial charge on any atom is -0.251 e. The number of aryl methyl sites for hydroxylation is 1. The van der Waals surface area contributed by atoms with Crippen molar-refractivity contribution < 1.29 is 0 Å². The van der Waals surface area contributed by atoms with Crippen molar-refractivity contribution in [2.75, 3.05) is 5.75 Å². The van der Waals surface area contributed by atoms with Gasteiger partial charge in [-0.25, -0.2) is 4.98 Å². The van der Waals surface area contributed by atoms with Gasteiger partial charge in [-0.2, -0.15) is 17.9 Å². The van der Waals surface area contributed by atoms with Crippen molar-refractivity contribution in [3.05, 3.63) is 12.2 Å². The van der Waals surface area contributed by atoms with Crippen LogP contribution in [0.3, 0.4) is 0 Å². The molecule has 0 unspecified atom stereocenters. The largest absolute Gasteiger partial charge is 0.252 e. The van der Waals surface area contributed by atoms with E-state index in [1.54, 1.807) is 4.68 Å². The first-order chi connectivity index (χ1) is 4.86. The lowest BCUT2D eigenvalue weighted by Crippen LogP contribution is -1.99. The second-order valence-electron chi connectivity index (χ2n) is 1.67. The molecule has 0 aliphatic carbocycles. The number of thiol groups is 1. The lowest BCUT2D eigenvalue weighted by Gasteiger charge is -1.91. The fraction of sp³-hybridized carbons (Fsp3) is 0.400. The molecule has 1 aromatic rings. The minimum absolute atomic E-state index is 0.210. The normalized spacial score (nSPS) is 9.20. The van der Waals surface area contributed by atoms with Gasteiger partial charge >= 0.3 is 0 Å². The molecule has 0 N–H and O–H groups in total. The van der Waals surface area contributed by atoms with E-state index in [2.05, 4.69) is 22.7 Å². The molecule has 1 rings (SSSR count). The third-order valence-corrected chi connectivity index (χ3v) is 1.17. The Morgan fingerprint density at radius 3 is 3.10 bits per heavy atom. The third kappa shape index (κ3) is 1.48. The van der Waals surface area contributed by atoms with Crippen LogP contribution in [0, 0.1) is 11.3 Å². The van der Waals surface area contributed by atoms with Crippen LogP contribution in [0.2, 0.25) is 0 Å². The maximum atomic E-state index is 8.31. The molecule has 0 saturated heterocycles. The quantitative estimate of drug-likeness (QED) is 0.614. The van der Waals surface area contributed by atoms with Gasteiger partial charge in [-0.15, -0.1) is 5.10 Å². The number of hydrogen-bond acceptors (Lipinski definition) is 4. The number of nitrogens with zero attached hydrogens (tertiary/aromatic N) is 4. The van der Waals surface area contributed by atoms with Gasteiger partial charge in [0.25, 0.3) is 5.82 Å². The highest BCUT2D eigenvalue weighted by molar-refractivity contribution is 7.80. The molecule has 0 saturated carbocycles. The lowest BCUT2D eigenvalue weighted by atomic mass is 10.7. The first-order valence-electron chi connectivity index (χ1n) is 2.77. The van der Waals surface area contributed by atoms with Crippen LogP contribution in [-0.4, -0.2) is 20.5 Å². The van der Waals surface area contributed by atoms with Crippen LogP contribution in [0.5, 0.6) is 0 Å². The molecule has 0 amide bonds. The average molecular weight is 154 g/mol. The Labute approximate surface area is 63.9 Å². The van der Waals surface area contributed by atoms with E-state index in [0.717, 1.165) is 0 Å². The van der Waals surface area contributed by atoms with Crippen LogP contribution in [-0.2, 0) is 6.54 Å². The number of rotatable bonds is 2. The van der Waals surface area contributed by atoms with Crippen molar-refractivity contribution in [2.45, 2.75) is 6.54 Å². The Morgan fingerprint density at radius 2 is 2.60 bits per heavy atom. The fourth-order valence-corrected chi connectivity index (χ4v) is 0.761. The Bertz CT molecular complexity index is 248. The van der Waals surface area contributed by atoms with E-state index < -0.39 is 0 Å². The smallest absolute Gasteiger partial charge is 0.251 e. The second kappa shape index (κ2) is 3.22. The van der Waals surface area contributed by atoms with Crippen LogP contribution in [0.25, 0.3) is 0 Å². The summed E-state index contributed by atoms with van der Waals surface area (Å²) in [5, 5.41) is 12.1. The van der Waals surface area contributed by atoms with Gasteiger partial charge in [-0.1, -0.05) is 0 Å². The van der Waals surface area contributed by atoms with E-state index in [0.29, 0.717) is 12.3 Å². The Balaban J connectivity index is 2.71. The summed E-state index contributed by atoms with van der Waals surface area (Å²) in [5.74, 6) is 0.913. The van der Waals surface area contributed by atoms with Crippen molar-refractivity contribution in [3.8, 4) is 6.07 Å². The molecule has 1 heterocycles. The maximum absolute atomic E-state index is 8.31. The number of hydrogen-bond donors (Lipinski definition) is 1.